The van der Waals surface area contributed by atoms with Crippen molar-refractivity contribution in [1.82, 2.24) is 4.57 Å². The van der Waals surface area contributed by atoms with Crippen LogP contribution in [0.2, 0.25) is 0 Å². The Labute approximate surface area is 335 Å². The summed E-state index contributed by atoms with van der Waals surface area (Å²) in [6.45, 7) is 4.81. The Morgan fingerprint density at radius 1 is 0.474 bits per heavy atom. The van der Waals surface area contributed by atoms with Crippen LogP contribution in [0.3, 0.4) is 0 Å². The molecule has 1 heterocycles. The molecule has 6 aliphatic rings. The van der Waals surface area contributed by atoms with E-state index in [4.69, 9.17) is 0 Å². The summed E-state index contributed by atoms with van der Waals surface area (Å²) >= 11 is 0. The van der Waals surface area contributed by atoms with Crippen LogP contribution in [-0.4, -0.2) is 4.57 Å². The second kappa shape index (κ2) is 11.4. The summed E-state index contributed by atoms with van der Waals surface area (Å²) in [6, 6.07) is 60.3. The highest BCUT2D eigenvalue weighted by Crippen LogP contribution is 2.70. The van der Waals surface area contributed by atoms with Gasteiger partial charge in [0.25, 0.3) is 0 Å². The van der Waals surface area contributed by atoms with E-state index in [1.54, 1.807) is 11.1 Å². The van der Waals surface area contributed by atoms with Gasteiger partial charge in [0.15, 0.2) is 0 Å². The second-order valence-electron chi connectivity index (χ2n) is 18.5. The first-order chi connectivity index (χ1) is 28.0. The predicted octanol–water partition coefficient (Wildman–Crippen LogP) is 14.3. The molecule has 1 aromatic heterocycles. The van der Waals surface area contributed by atoms with E-state index >= 15 is 0 Å². The van der Waals surface area contributed by atoms with Gasteiger partial charge in [-0.05, 0) is 143 Å². The molecule has 4 saturated carbocycles. The number of benzene rings is 7. The number of rotatable bonds is 4. The average molecular weight is 735 g/mol. The first kappa shape index (κ1) is 32.2. The van der Waals surface area contributed by atoms with Crippen molar-refractivity contribution in [1.29, 1.82) is 0 Å². The van der Waals surface area contributed by atoms with Gasteiger partial charge in [0.2, 0.25) is 0 Å². The number of anilines is 3. The maximum atomic E-state index is 2.62. The van der Waals surface area contributed by atoms with Crippen molar-refractivity contribution in [2.45, 2.75) is 56.8 Å². The van der Waals surface area contributed by atoms with Crippen LogP contribution < -0.4 is 4.90 Å². The number of para-hydroxylation sites is 2. The molecule has 0 saturated heterocycles. The third-order valence-corrected chi connectivity index (χ3v) is 15.6. The van der Waals surface area contributed by atoms with Crippen molar-refractivity contribution < 1.29 is 0 Å². The summed E-state index contributed by atoms with van der Waals surface area (Å²) in [5.74, 6) is 3.26. The van der Waals surface area contributed by atoms with Crippen LogP contribution in [0.1, 0.15) is 68.2 Å². The van der Waals surface area contributed by atoms with E-state index in [-0.39, 0.29) is 10.8 Å². The molecule has 14 rings (SSSR count). The summed E-state index contributed by atoms with van der Waals surface area (Å²) in [5.41, 5.74) is 19.0. The third-order valence-electron chi connectivity index (χ3n) is 15.6. The van der Waals surface area contributed by atoms with Gasteiger partial charge in [0, 0.05) is 44.2 Å². The zero-order valence-electron chi connectivity index (χ0n) is 32.8. The van der Waals surface area contributed by atoms with Crippen LogP contribution >= 0.6 is 0 Å². The lowest BCUT2D eigenvalue weighted by Gasteiger charge is -2.61. The van der Waals surface area contributed by atoms with E-state index in [2.05, 4.69) is 181 Å². The highest BCUT2D eigenvalue weighted by Gasteiger charge is 2.62. The zero-order chi connectivity index (χ0) is 37.6. The lowest BCUT2D eigenvalue weighted by Crippen LogP contribution is -2.55. The summed E-state index contributed by atoms with van der Waals surface area (Å²) in [4.78, 5) is 2.62. The van der Waals surface area contributed by atoms with E-state index in [1.165, 1.54) is 110 Å². The van der Waals surface area contributed by atoms with E-state index in [1.807, 2.05) is 0 Å². The van der Waals surface area contributed by atoms with Crippen LogP contribution in [0.25, 0.3) is 49.7 Å². The number of nitrogens with zero attached hydrogens (tertiary/aromatic N) is 2. The Morgan fingerprint density at radius 2 is 1.09 bits per heavy atom. The van der Waals surface area contributed by atoms with E-state index in [9.17, 15) is 0 Å². The van der Waals surface area contributed by atoms with Gasteiger partial charge in [-0.3, -0.25) is 0 Å². The molecule has 0 atom stereocenters. The summed E-state index contributed by atoms with van der Waals surface area (Å²) in [7, 11) is 0. The van der Waals surface area contributed by atoms with Gasteiger partial charge in [-0.1, -0.05) is 123 Å². The first-order valence-electron chi connectivity index (χ1n) is 21.4. The van der Waals surface area contributed by atoms with Crippen LogP contribution in [-0.2, 0) is 10.8 Å². The molecule has 4 fully saturated rings. The maximum absolute atomic E-state index is 2.62. The molecule has 0 unspecified atom stereocenters. The molecule has 0 aliphatic heterocycles. The molecular weight excluding hydrogens is 689 g/mol. The Balaban J connectivity index is 1.09. The fraction of sp³-hybridized carbons (Fsp3) is 0.236. The third kappa shape index (κ3) is 4.16. The van der Waals surface area contributed by atoms with Crippen LogP contribution in [0, 0.1) is 23.7 Å². The zero-order valence-corrected chi connectivity index (χ0v) is 32.8. The summed E-state index contributed by atoms with van der Waals surface area (Å²) < 4.78 is 2.46. The van der Waals surface area contributed by atoms with E-state index < -0.39 is 0 Å². The average Bonchev–Trinajstić information content (AvgIpc) is 3.82. The number of hydrogen-bond donors (Lipinski definition) is 0. The maximum Gasteiger partial charge on any atom is 0.0561 e. The molecule has 57 heavy (non-hydrogen) atoms. The first-order valence-corrected chi connectivity index (χ1v) is 21.4. The molecule has 4 bridgehead atoms. The lowest BCUT2D eigenvalue weighted by molar-refractivity contribution is -0.0399. The molecule has 0 N–H and O–H groups in total. The number of fused-ring (bicyclic) bond motifs is 9. The fourth-order valence-electron chi connectivity index (χ4n) is 13.6. The topological polar surface area (TPSA) is 8.17 Å². The number of aromatic nitrogens is 1. The highest BCUT2D eigenvalue weighted by molar-refractivity contribution is 6.10. The van der Waals surface area contributed by atoms with Crippen molar-refractivity contribution in [2.75, 3.05) is 4.90 Å². The molecule has 1 spiro atoms. The Morgan fingerprint density at radius 3 is 1.89 bits per heavy atom. The Bertz CT molecular complexity index is 2930. The van der Waals surface area contributed by atoms with Gasteiger partial charge in [0.1, 0.15) is 0 Å². The van der Waals surface area contributed by atoms with E-state index in [0.717, 1.165) is 23.7 Å². The van der Waals surface area contributed by atoms with Crippen molar-refractivity contribution >= 4 is 38.9 Å². The minimum absolute atomic E-state index is 0.103. The number of hydrogen-bond acceptors (Lipinski definition) is 1. The van der Waals surface area contributed by atoms with Gasteiger partial charge in [-0.2, -0.15) is 0 Å². The molecule has 2 nitrogen and oxygen atoms in total. The van der Waals surface area contributed by atoms with Crippen LogP contribution in [0.4, 0.5) is 17.1 Å². The van der Waals surface area contributed by atoms with Crippen molar-refractivity contribution in [3.63, 3.8) is 0 Å². The standard InChI is InChI=1S/C55H46N2/c1-54(2)46-18-9-6-15-41(46)42-25-23-39(32-49(42)54)56(40-24-26-44-43-16-8-11-21-50(43)57(52(44)33-40)38-13-4-3-5-14-38)51-22-12-20-48-53(51)45-17-7-10-19-47(45)55(48)36-28-34-27-35(30-36)31-37(55)29-34/h3-26,32-37H,27-31H2,1-2H3. The minimum atomic E-state index is -0.104. The SMILES string of the molecule is CC1(C)c2ccccc2-c2ccc(N(c3ccc4c5ccccc5n(-c5ccccc5)c4c3)c3cccc4c3-c3ccccc3C43C4CC5CC(C4)CC3C5)cc21. The fourth-order valence-corrected chi connectivity index (χ4v) is 13.6. The summed E-state index contributed by atoms with van der Waals surface area (Å²) in [6.07, 6.45) is 7.00. The molecule has 6 aliphatic carbocycles. The Hall–Kier alpha value is -5.86. The van der Waals surface area contributed by atoms with Gasteiger partial charge in [-0.25, -0.2) is 0 Å². The lowest BCUT2D eigenvalue weighted by atomic mass is 9.43. The molecule has 2 heteroatoms. The highest BCUT2D eigenvalue weighted by atomic mass is 15.1. The van der Waals surface area contributed by atoms with Crippen molar-refractivity contribution in [3.8, 4) is 27.9 Å². The molecule has 0 amide bonds. The van der Waals surface area contributed by atoms with Gasteiger partial charge >= 0.3 is 0 Å². The predicted molar refractivity (Wildman–Crippen MR) is 236 cm³/mol. The molecule has 8 aromatic rings. The van der Waals surface area contributed by atoms with Crippen molar-refractivity contribution in [3.05, 3.63) is 180 Å². The van der Waals surface area contributed by atoms with E-state index in [0.29, 0.717) is 0 Å². The smallest absolute Gasteiger partial charge is 0.0561 e. The monoisotopic (exact) mass is 734 g/mol. The largest absolute Gasteiger partial charge is 0.310 e. The van der Waals surface area contributed by atoms with Gasteiger partial charge in [-0.15, -0.1) is 0 Å². The van der Waals surface area contributed by atoms with Gasteiger partial charge < -0.3 is 9.47 Å². The molecular formula is C55H46N2. The van der Waals surface area contributed by atoms with Crippen LogP contribution in [0.5, 0.6) is 0 Å². The summed E-state index contributed by atoms with van der Waals surface area (Å²) in [5, 5.41) is 2.56. The quantitative estimate of drug-likeness (QED) is 0.175. The molecule has 276 valence electrons. The second-order valence-corrected chi connectivity index (χ2v) is 18.5. The Kier molecular flexibility index (Phi) is 6.44. The molecule has 0 radical (unpaired) electrons. The van der Waals surface area contributed by atoms with Crippen molar-refractivity contribution in [2.24, 2.45) is 23.7 Å². The van der Waals surface area contributed by atoms with Crippen LogP contribution in [0.15, 0.2) is 158 Å². The normalized spacial score (nSPS) is 24.2. The minimum Gasteiger partial charge on any atom is -0.310 e. The molecule has 7 aromatic carbocycles. The van der Waals surface area contributed by atoms with Gasteiger partial charge in [0.05, 0.1) is 16.7 Å².